The molecule has 0 spiro atoms. The fourth-order valence-electron chi connectivity index (χ4n) is 2.58. The predicted molar refractivity (Wildman–Crippen MR) is 69.0 cm³/mol. The second-order valence-electron chi connectivity index (χ2n) is 5.28. The van der Waals surface area contributed by atoms with E-state index in [1.807, 2.05) is 11.8 Å². The van der Waals surface area contributed by atoms with Crippen LogP contribution in [-0.2, 0) is 9.59 Å². The van der Waals surface area contributed by atoms with Crippen LogP contribution in [0.3, 0.4) is 0 Å². The Morgan fingerprint density at radius 3 is 2.44 bits per heavy atom. The summed E-state index contributed by atoms with van der Waals surface area (Å²) in [7, 11) is 0. The van der Waals surface area contributed by atoms with Crippen LogP contribution in [0, 0.1) is 11.8 Å². The number of hydrogen-bond donors (Lipinski definition) is 2. The lowest BCUT2D eigenvalue weighted by Crippen LogP contribution is -2.47. The second-order valence-corrected chi connectivity index (χ2v) is 5.28. The number of hydrogen-bond acceptors (Lipinski definition) is 3. The highest BCUT2D eigenvalue weighted by Gasteiger charge is 2.29. The Labute approximate surface area is 108 Å². The third-order valence-corrected chi connectivity index (χ3v) is 3.90. The minimum Gasteiger partial charge on any atom is -0.356 e. The molecule has 2 heterocycles. The molecule has 102 valence electrons. The first-order valence-corrected chi connectivity index (χ1v) is 6.97. The molecule has 5 heteroatoms. The standard InChI is InChI=1S/C13H23N3O2/c1-2-15-13(18)11-3-5-16(6-4-11)12(17)7-10-8-14-9-10/h10-11,14H,2-9H2,1H3,(H,15,18). The molecule has 0 unspecified atom stereocenters. The molecular weight excluding hydrogens is 230 g/mol. The quantitative estimate of drug-likeness (QED) is 0.739. The molecule has 2 amide bonds. The maximum atomic E-state index is 12.0. The highest BCUT2D eigenvalue weighted by molar-refractivity contribution is 5.80. The first kappa shape index (κ1) is 13.3. The SMILES string of the molecule is CCNC(=O)C1CCN(C(=O)CC2CNC2)CC1. The molecule has 0 aliphatic carbocycles. The summed E-state index contributed by atoms with van der Waals surface area (Å²) in [6, 6.07) is 0. The average molecular weight is 253 g/mol. The molecule has 5 nitrogen and oxygen atoms in total. The maximum Gasteiger partial charge on any atom is 0.223 e. The largest absolute Gasteiger partial charge is 0.356 e. The van der Waals surface area contributed by atoms with Crippen LogP contribution in [0.2, 0.25) is 0 Å². The van der Waals surface area contributed by atoms with Crippen molar-refractivity contribution < 1.29 is 9.59 Å². The van der Waals surface area contributed by atoms with E-state index in [9.17, 15) is 9.59 Å². The summed E-state index contributed by atoms with van der Waals surface area (Å²) in [5.74, 6) is 1.03. The van der Waals surface area contributed by atoms with E-state index in [0.29, 0.717) is 18.9 Å². The smallest absolute Gasteiger partial charge is 0.223 e. The molecule has 2 N–H and O–H groups in total. The lowest BCUT2D eigenvalue weighted by atomic mass is 9.94. The van der Waals surface area contributed by atoms with Crippen molar-refractivity contribution in [3.8, 4) is 0 Å². The number of nitrogens with one attached hydrogen (secondary N) is 2. The Bertz CT molecular complexity index is 307. The van der Waals surface area contributed by atoms with Crippen LogP contribution in [0.4, 0.5) is 0 Å². The van der Waals surface area contributed by atoms with Gasteiger partial charge >= 0.3 is 0 Å². The summed E-state index contributed by atoms with van der Waals surface area (Å²) in [6.45, 7) is 6.04. The zero-order chi connectivity index (χ0) is 13.0. The minimum absolute atomic E-state index is 0.0966. The summed E-state index contributed by atoms with van der Waals surface area (Å²) < 4.78 is 0. The van der Waals surface area contributed by atoms with E-state index in [2.05, 4.69) is 10.6 Å². The molecule has 2 fully saturated rings. The van der Waals surface area contributed by atoms with Gasteiger partial charge in [-0.15, -0.1) is 0 Å². The van der Waals surface area contributed by atoms with Crippen LogP contribution in [0.15, 0.2) is 0 Å². The zero-order valence-electron chi connectivity index (χ0n) is 11.1. The molecular formula is C13H23N3O2. The van der Waals surface area contributed by atoms with Gasteiger partial charge in [-0.25, -0.2) is 0 Å². The van der Waals surface area contributed by atoms with Crippen molar-refractivity contribution in [2.24, 2.45) is 11.8 Å². The molecule has 2 rings (SSSR count). The van der Waals surface area contributed by atoms with Gasteiger partial charge in [-0.3, -0.25) is 9.59 Å². The van der Waals surface area contributed by atoms with Gasteiger partial charge < -0.3 is 15.5 Å². The molecule has 0 atom stereocenters. The van der Waals surface area contributed by atoms with Crippen molar-refractivity contribution in [3.05, 3.63) is 0 Å². The van der Waals surface area contributed by atoms with E-state index in [1.165, 1.54) is 0 Å². The van der Waals surface area contributed by atoms with Crippen molar-refractivity contribution in [1.29, 1.82) is 0 Å². The van der Waals surface area contributed by atoms with Gasteiger partial charge in [0.15, 0.2) is 0 Å². The Morgan fingerprint density at radius 1 is 1.28 bits per heavy atom. The van der Waals surface area contributed by atoms with Gasteiger partial charge in [-0.1, -0.05) is 0 Å². The summed E-state index contributed by atoms with van der Waals surface area (Å²) in [5, 5.41) is 6.04. The van der Waals surface area contributed by atoms with Gasteiger partial charge in [0.05, 0.1) is 0 Å². The molecule has 0 bridgehead atoms. The summed E-state index contributed by atoms with van der Waals surface area (Å²) in [4.78, 5) is 25.6. The number of amides is 2. The van der Waals surface area contributed by atoms with E-state index in [0.717, 1.165) is 39.0 Å². The van der Waals surface area contributed by atoms with E-state index >= 15 is 0 Å². The third-order valence-electron chi connectivity index (χ3n) is 3.90. The zero-order valence-corrected chi connectivity index (χ0v) is 11.1. The lowest BCUT2D eigenvalue weighted by molar-refractivity contribution is -0.136. The van der Waals surface area contributed by atoms with Gasteiger partial charge in [-0.05, 0) is 38.8 Å². The van der Waals surface area contributed by atoms with Gasteiger partial charge in [0.2, 0.25) is 11.8 Å². The Hall–Kier alpha value is -1.10. The highest BCUT2D eigenvalue weighted by atomic mass is 16.2. The van der Waals surface area contributed by atoms with Crippen LogP contribution in [0.25, 0.3) is 0 Å². The first-order chi connectivity index (χ1) is 8.70. The normalized spacial score (nSPS) is 21.5. The van der Waals surface area contributed by atoms with E-state index in [4.69, 9.17) is 0 Å². The predicted octanol–water partition coefficient (Wildman–Crippen LogP) is -0.0294. The van der Waals surface area contributed by atoms with Crippen LogP contribution in [-0.4, -0.2) is 49.4 Å². The van der Waals surface area contributed by atoms with E-state index in [-0.39, 0.29) is 17.7 Å². The lowest BCUT2D eigenvalue weighted by Gasteiger charge is -2.34. The Morgan fingerprint density at radius 2 is 1.94 bits per heavy atom. The number of likely N-dealkylation sites (tertiary alicyclic amines) is 1. The highest BCUT2D eigenvalue weighted by Crippen LogP contribution is 2.19. The number of piperidine rings is 1. The van der Waals surface area contributed by atoms with Crippen molar-refractivity contribution in [3.63, 3.8) is 0 Å². The van der Waals surface area contributed by atoms with Gasteiger partial charge in [0, 0.05) is 32.0 Å². The summed E-state index contributed by atoms with van der Waals surface area (Å²) >= 11 is 0. The minimum atomic E-state index is 0.0966. The Balaban J connectivity index is 1.71. The van der Waals surface area contributed by atoms with Crippen molar-refractivity contribution in [2.75, 3.05) is 32.7 Å². The van der Waals surface area contributed by atoms with Crippen LogP contribution in [0.1, 0.15) is 26.2 Å². The molecule has 0 aromatic rings. The molecule has 0 aromatic carbocycles. The third kappa shape index (κ3) is 3.22. The fourth-order valence-corrected chi connectivity index (χ4v) is 2.58. The topological polar surface area (TPSA) is 61.4 Å². The van der Waals surface area contributed by atoms with E-state index < -0.39 is 0 Å². The number of rotatable bonds is 4. The van der Waals surface area contributed by atoms with Crippen LogP contribution in [0.5, 0.6) is 0 Å². The van der Waals surface area contributed by atoms with Crippen molar-refractivity contribution in [1.82, 2.24) is 15.5 Å². The summed E-state index contributed by atoms with van der Waals surface area (Å²) in [6.07, 6.45) is 2.28. The average Bonchev–Trinajstić information content (AvgIpc) is 2.34. The molecule has 0 radical (unpaired) electrons. The molecule has 0 saturated carbocycles. The molecule has 2 aliphatic heterocycles. The number of nitrogens with zero attached hydrogens (tertiary/aromatic N) is 1. The molecule has 2 aliphatic rings. The van der Waals surface area contributed by atoms with Crippen LogP contribution < -0.4 is 10.6 Å². The Kier molecular flexibility index (Phi) is 4.58. The monoisotopic (exact) mass is 253 g/mol. The van der Waals surface area contributed by atoms with Crippen molar-refractivity contribution in [2.45, 2.75) is 26.2 Å². The van der Waals surface area contributed by atoms with Gasteiger partial charge in [0.25, 0.3) is 0 Å². The summed E-state index contributed by atoms with van der Waals surface area (Å²) in [5.41, 5.74) is 0. The van der Waals surface area contributed by atoms with Crippen molar-refractivity contribution >= 4 is 11.8 Å². The van der Waals surface area contributed by atoms with Crippen LogP contribution >= 0.6 is 0 Å². The number of carbonyl (C=O) groups excluding carboxylic acids is 2. The van der Waals surface area contributed by atoms with Gasteiger partial charge in [-0.2, -0.15) is 0 Å². The molecule has 0 aromatic heterocycles. The number of carbonyl (C=O) groups is 2. The fraction of sp³-hybridized carbons (Fsp3) is 0.846. The first-order valence-electron chi connectivity index (χ1n) is 6.97. The molecule has 2 saturated heterocycles. The second kappa shape index (κ2) is 6.18. The van der Waals surface area contributed by atoms with Gasteiger partial charge in [0.1, 0.15) is 0 Å². The van der Waals surface area contributed by atoms with E-state index in [1.54, 1.807) is 0 Å². The molecule has 18 heavy (non-hydrogen) atoms. The maximum absolute atomic E-state index is 12.0.